The maximum atomic E-state index is 13.9. The first-order valence-corrected chi connectivity index (χ1v) is 10.6. The molecule has 4 rings (SSSR count). The lowest BCUT2D eigenvalue weighted by atomic mass is 10.2. The highest BCUT2D eigenvalue weighted by Gasteiger charge is 2.20. The van der Waals surface area contributed by atoms with Crippen LogP contribution in [0.1, 0.15) is 29.2 Å². The summed E-state index contributed by atoms with van der Waals surface area (Å²) in [4.78, 5) is 17.2. The number of aliphatic hydroxyl groups is 1. The first-order valence-electron chi connectivity index (χ1n) is 10.6. The summed E-state index contributed by atoms with van der Waals surface area (Å²) in [5, 5.41) is 12.8. The van der Waals surface area contributed by atoms with E-state index < -0.39 is 23.6 Å². The number of rotatable bonds is 9. The molecule has 184 valence electrons. The largest absolute Gasteiger partial charge is 0.491 e. The van der Waals surface area contributed by atoms with Crippen LogP contribution in [-0.2, 0) is 6.61 Å². The number of benzene rings is 2. The number of ether oxygens (including phenoxy) is 2. The Morgan fingerprint density at radius 1 is 1.06 bits per heavy atom. The maximum absolute atomic E-state index is 13.9. The third-order valence-corrected chi connectivity index (χ3v) is 5.12. The standard InChI is InChI=1S/C25H23F2N3O4.CH4/c1-16-23(25(32)28-13-17(31)14-33-18-7-3-2-4-8-18)30-12-6-11-22(24(30)29-16)34-15-19-20(26)9-5-10-21(19)27;/h2-12,17,31H,13-15H2,1H3,(H,28,32);1H4. The molecule has 1 unspecified atom stereocenters. The number of fused-ring (bicyclic) bond motifs is 1. The van der Waals surface area contributed by atoms with E-state index in [-0.39, 0.29) is 44.2 Å². The maximum Gasteiger partial charge on any atom is 0.270 e. The van der Waals surface area contributed by atoms with Crippen LogP contribution in [0.2, 0.25) is 0 Å². The topological polar surface area (TPSA) is 85.1 Å². The number of pyridine rings is 1. The normalized spacial score (nSPS) is 11.5. The Kier molecular flexibility index (Phi) is 8.38. The first kappa shape index (κ1) is 25.6. The van der Waals surface area contributed by atoms with Gasteiger partial charge >= 0.3 is 0 Å². The van der Waals surface area contributed by atoms with E-state index in [0.717, 1.165) is 12.1 Å². The minimum atomic E-state index is -0.918. The Morgan fingerprint density at radius 2 is 1.77 bits per heavy atom. The fraction of sp³-hybridized carbons (Fsp3) is 0.231. The number of nitrogens with zero attached hydrogens (tertiary/aromatic N) is 2. The second-order valence-corrected chi connectivity index (χ2v) is 7.59. The van der Waals surface area contributed by atoms with Crippen molar-refractivity contribution in [3.05, 3.63) is 95.4 Å². The summed E-state index contributed by atoms with van der Waals surface area (Å²) < 4.78 is 40.5. The number of nitrogens with one attached hydrogen (secondary N) is 1. The van der Waals surface area contributed by atoms with Crippen molar-refractivity contribution in [2.24, 2.45) is 0 Å². The Labute approximate surface area is 202 Å². The molecule has 2 N–H and O–H groups in total. The van der Waals surface area contributed by atoms with E-state index in [1.165, 1.54) is 10.5 Å². The first-order chi connectivity index (χ1) is 16.4. The number of aryl methyl sites for hydroxylation is 1. The molecule has 0 bridgehead atoms. The number of hydrogen-bond donors (Lipinski definition) is 2. The zero-order chi connectivity index (χ0) is 24.1. The predicted octanol–water partition coefficient (Wildman–Crippen LogP) is 4.31. The lowest BCUT2D eigenvalue weighted by molar-refractivity contribution is 0.0838. The summed E-state index contributed by atoms with van der Waals surface area (Å²) in [6.07, 6.45) is 0.716. The van der Waals surface area contributed by atoms with Gasteiger partial charge in [0.15, 0.2) is 11.4 Å². The Bertz CT molecular complexity index is 1270. The number of halogens is 2. The van der Waals surface area contributed by atoms with Crippen LogP contribution in [0, 0.1) is 18.6 Å². The van der Waals surface area contributed by atoms with Gasteiger partial charge in [0.1, 0.15) is 42.4 Å². The Balaban J connectivity index is 0.00000342. The number of amides is 1. The highest BCUT2D eigenvalue weighted by atomic mass is 19.1. The molecule has 4 aromatic rings. The van der Waals surface area contributed by atoms with Gasteiger partial charge in [0.2, 0.25) is 0 Å². The van der Waals surface area contributed by atoms with Crippen LogP contribution >= 0.6 is 0 Å². The molecular formula is C26H27F2N3O4. The SMILES string of the molecule is C.Cc1nc2c(OCc3c(F)cccc3F)cccn2c1C(=O)NCC(O)COc1ccccc1. The van der Waals surface area contributed by atoms with E-state index in [2.05, 4.69) is 10.3 Å². The molecular weight excluding hydrogens is 456 g/mol. The quantitative estimate of drug-likeness (QED) is 0.371. The van der Waals surface area contributed by atoms with Crippen LogP contribution in [0.3, 0.4) is 0 Å². The fourth-order valence-electron chi connectivity index (χ4n) is 3.42. The van der Waals surface area contributed by atoms with Crippen LogP contribution in [0.4, 0.5) is 8.78 Å². The van der Waals surface area contributed by atoms with Gasteiger partial charge in [0, 0.05) is 12.7 Å². The van der Waals surface area contributed by atoms with Gasteiger partial charge in [-0.1, -0.05) is 31.7 Å². The van der Waals surface area contributed by atoms with Crippen LogP contribution in [-0.4, -0.2) is 39.7 Å². The van der Waals surface area contributed by atoms with Crippen LogP contribution < -0.4 is 14.8 Å². The number of aliphatic hydroxyl groups excluding tert-OH is 1. The summed E-state index contributed by atoms with van der Waals surface area (Å²) in [5.74, 6) is -0.972. The molecule has 2 aromatic heterocycles. The summed E-state index contributed by atoms with van der Waals surface area (Å²) in [5.41, 5.74) is 0.821. The van der Waals surface area contributed by atoms with Gasteiger partial charge in [-0.2, -0.15) is 0 Å². The molecule has 0 spiro atoms. The Morgan fingerprint density at radius 3 is 2.49 bits per heavy atom. The van der Waals surface area contributed by atoms with Gasteiger partial charge in [-0.25, -0.2) is 13.8 Å². The van der Waals surface area contributed by atoms with Crippen molar-refractivity contribution in [2.45, 2.75) is 27.1 Å². The molecule has 0 radical (unpaired) electrons. The Hall–Kier alpha value is -3.98. The summed E-state index contributed by atoms with van der Waals surface area (Å²) in [6.45, 7) is 1.32. The smallest absolute Gasteiger partial charge is 0.270 e. The van der Waals surface area contributed by atoms with Crippen molar-refractivity contribution in [3.8, 4) is 11.5 Å². The van der Waals surface area contributed by atoms with Gasteiger partial charge in [-0.05, 0) is 43.3 Å². The molecule has 2 heterocycles. The molecule has 1 atom stereocenters. The lowest BCUT2D eigenvalue weighted by Crippen LogP contribution is -2.36. The lowest BCUT2D eigenvalue weighted by Gasteiger charge is -2.13. The van der Waals surface area contributed by atoms with Gasteiger partial charge in [-0.15, -0.1) is 0 Å². The number of hydrogen-bond acceptors (Lipinski definition) is 5. The van der Waals surface area contributed by atoms with Gasteiger partial charge in [0.25, 0.3) is 5.91 Å². The molecule has 0 fully saturated rings. The third kappa shape index (κ3) is 5.93. The zero-order valence-corrected chi connectivity index (χ0v) is 18.4. The average molecular weight is 484 g/mol. The van der Waals surface area contributed by atoms with Crippen LogP contribution in [0.5, 0.6) is 11.5 Å². The predicted molar refractivity (Wildman–Crippen MR) is 128 cm³/mol. The van der Waals surface area contributed by atoms with E-state index in [9.17, 15) is 18.7 Å². The molecule has 0 aliphatic heterocycles. The van der Waals surface area contributed by atoms with E-state index in [1.54, 1.807) is 37.4 Å². The summed E-state index contributed by atoms with van der Waals surface area (Å²) in [6, 6.07) is 15.9. The average Bonchev–Trinajstić information content (AvgIpc) is 3.18. The highest BCUT2D eigenvalue weighted by Crippen LogP contribution is 2.24. The van der Waals surface area contributed by atoms with E-state index in [0.29, 0.717) is 17.1 Å². The third-order valence-electron chi connectivity index (χ3n) is 5.12. The highest BCUT2D eigenvalue weighted by molar-refractivity contribution is 5.95. The molecule has 7 nitrogen and oxygen atoms in total. The van der Waals surface area contributed by atoms with Gasteiger partial charge in [0.05, 0.1) is 11.3 Å². The van der Waals surface area contributed by atoms with Crippen molar-refractivity contribution in [1.82, 2.24) is 14.7 Å². The van der Waals surface area contributed by atoms with Crippen molar-refractivity contribution < 1.29 is 28.2 Å². The summed E-state index contributed by atoms with van der Waals surface area (Å²) >= 11 is 0. The molecule has 0 aliphatic rings. The van der Waals surface area contributed by atoms with Crippen molar-refractivity contribution >= 4 is 11.6 Å². The summed E-state index contributed by atoms with van der Waals surface area (Å²) in [7, 11) is 0. The van der Waals surface area contributed by atoms with E-state index in [4.69, 9.17) is 9.47 Å². The fourth-order valence-corrected chi connectivity index (χ4v) is 3.42. The molecule has 0 saturated carbocycles. The second kappa shape index (κ2) is 11.4. The molecule has 0 aliphatic carbocycles. The number of para-hydroxylation sites is 1. The molecule has 35 heavy (non-hydrogen) atoms. The van der Waals surface area contributed by atoms with Crippen LogP contribution in [0.25, 0.3) is 5.65 Å². The van der Waals surface area contributed by atoms with Crippen molar-refractivity contribution in [3.63, 3.8) is 0 Å². The number of aromatic nitrogens is 2. The molecule has 9 heteroatoms. The number of carbonyl (C=O) groups is 1. The minimum absolute atomic E-state index is 0. The monoisotopic (exact) mass is 483 g/mol. The van der Waals surface area contributed by atoms with Crippen molar-refractivity contribution in [2.75, 3.05) is 13.2 Å². The zero-order valence-electron chi connectivity index (χ0n) is 18.4. The minimum Gasteiger partial charge on any atom is -0.491 e. The van der Waals surface area contributed by atoms with Gasteiger partial charge < -0.3 is 19.9 Å². The number of carbonyl (C=O) groups excluding carboxylic acids is 1. The molecule has 1 amide bonds. The van der Waals surface area contributed by atoms with Crippen molar-refractivity contribution in [1.29, 1.82) is 0 Å². The van der Waals surface area contributed by atoms with Gasteiger partial charge in [-0.3, -0.25) is 9.20 Å². The van der Waals surface area contributed by atoms with E-state index in [1.807, 2.05) is 18.2 Å². The molecule has 0 saturated heterocycles. The van der Waals surface area contributed by atoms with E-state index >= 15 is 0 Å². The number of imidazole rings is 1. The van der Waals surface area contributed by atoms with Crippen LogP contribution in [0.15, 0.2) is 66.9 Å². The molecule has 2 aromatic carbocycles. The second-order valence-electron chi connectivity index (χ2n) is 7.59.